The highest BCUT2D eigenvalue weighted by molar-refractivity contribution is 7.90. The van der Waals surface area contributed by atoms with E-state index in [2.05, 4.69) is 9.88 Å². The topological polar surface area (TPSA) is 113 Å². The molecule has 102 valence electrons. The summed E-state index contributed by atoms with van der Waals surface area (Å²) in [5.41, 5.74) is 1.17. The molecular weight excluding hydrogens is 262 g/mol. The van der Waals surface area contributed by atoms with E-state index in [0.717, 1.165) is 4.31 Å². The minimum Gasteiger partial charge on any atom is -0.481 e. The fraction of sp³-hybridized carbons (Fsp3) is 0.556. The molecule has 0 bridgehead atoms. The number of anilines is 1. The van der Waals surface area contributed by atoms with Gasteiger partial charge in [-0.3, -0.25) is 4.79 Å². The Morgan fingerprint density at radius 1 is 1.50 bits per heavy atom. The molecule has 1 aromatic rings. The lowest BCUT2D eigenvalue weighted by molar-refractivity contribution is -0.137. The first-order chi connectivity index (χ1) is 8.24. The van der Waals surface area contributed by atoms with Crippen molar-refractivity contribution in [2.45, 2.75) is 20.3 Å². The van der Waals surface area contributed by atoms with Crippen LogP contribution >= 0.6 is 0 Å². The summed E-state index contributed by atoms with van der Waals surface area (Å²) in [6, 6.07) is 0. The first kappa shape index (κ1) is 14.5. The molecular formula is C9H15N3O5S. The van der Waals surface area contributed by atoms with E-state index in [1.54, 1.807) is 13.8 Å². The predicted octanol–water partition coefficient (Wildman–Crippen LogP) is 0.355. The summed E-state index contributed by atoms with van der Waals surface area (Å²) in [5.74, 6) is -1.03. The van der Waals surface area contributed by atoms with Gasteiger partial charge in [-0.25, -0.2) is 4.72 Å². The van der Waals surface area contributed by atoms with Crippen LogP contribution in [0.3, 0.4) is 0 Å². The third-order valence-corrected chi connectivity index (χ3v) is 3.88. The van der Waals surface area contributed by atoms with E-state index < -0.39 is 16.2 Å². The average molecular weight is 277 g/mol. The molecule has 0 atom stereocenters. The zero-order valence-electron chi connectivity index (χ0n) is 10.3. The van der Waals surface area contributed by atoms with E-state index in [9.17, 15) is 13.2 Å². The number of rotatable bonds is 6. The highest BCUT2D eigenvalue weighted by atomic mass is 32.2. The van der Waals surface area contributed by atoms with Crippen LogP contribution in [0.25, 0.3) is 0 Å². The quantitative estimate of drug-likeness (QED) is 0.776. The SMILES string of the molecule is Cc1noc(NS(=O)(=O)N(C)CCC(=O)O)c1C. The number of carbonyl (C=O) groups is 1. The summed E-state index contributed by atoms with van der Waals surface area (Å²) < 4.78 is 31.5. The van der Waals surface area contributed by atoms with E-state index in [1.807, 2.05) is 0 Å². The lowest BCUT2D eigenvalue weighted by atomic mass is 10.3. The Balaban J connectivity index is 2.75. The van der Waals surface area contributed by atoms with E-state index >= 15 is 0 Å². The fourth-order valence-electron chi connectivity index (χ4n) is 1.08. The maximum atomic E-state index is 11.8. The number of carboxylic acids is 1. The Labute approximate surface area is 105 Å². The molecule has 0 unspecified atom stereocenters. The number of carboxylic acid groups (broad SMARTS) is 1. The standard InChI is InChI=1S/C9H15N3O5S/c1-6-7(2)10-17-9(6)11-18(15,16)12(3)5-4-8(13)14/h11H,4-5H2,1-3H3,(H,13,14). The molecule has 0 aliphatic rings. The second-order valence-corrected chi connectivity index (χ2v) is 5.57. The average Bonchev–Trinajstić information content (AvgIpc) is 2.57. The van der Waals surface area contributed by atoms with Gasteiger partial charge >= 0.3 is 16.2 Å². The second kappa shape index (κ2) is 5.36. The Hall–Kier alpha value is -1.61. The van der Waals surface area contributed by atoms with Gasteiger partial charge in [-0.1, -0.05) is 5.16 Å². The number of hydrogen-bond acceptors (Lipinski definition) is 5. The molecule has 8 nitrogen and oxygen atoms in total. The highest BCUT2D eigenvalue weighted by Crippen LogP contribution is 2.19. The molecule has 2 N–H and O–H groups in total. The van der Waals surface area contributed by atoms with Crippen molar-refractivity contribution in [1.29, 1.82) is 0 Å². The van der Waals surface area contributed by atoms with E-state index in [0.29, 0.717) is 11.3 Å². The summed E-state index contributed by atoms with van der Waals surface area (Å²) in [4.78, 5) is 10.4. The van der Waals surface area contributed by atoms with Gasteiger partial charge in [0, 0.05) is 19.2 Å². The van der Waals surface area contributed by atoms with Gasteiger partial charge < -0.3 is 9.63 Å². The van der Waals surface area contributed by atoms with Crippen LogP contribution in [-0.4, -0.2) is 42.5 Å². The van der Waals surface area contributed by atoms with E-state index in [-0.39, 0.29) is 18.8 Å². The van der Waals surface area contributed by atoms with Crippen molar-refractivity contribution in [3.8, 4) is 0 Å². The molecule has 0 aliphatic carbocycles. The first-order valence-electron chi connectivity index (χ1n) is 5.13. The van der Waals surface area contributed by atoms with Crippen molar-refractivity contribution in [1.82, 2.24) is 9.46 Å². The zero-order chi connectivity index (χ0) is 13.9. The maximum absolute atomic E-state index is 11.8. The van der Waals surface area contributed by atoms with Gasteiger partial charge in [0.15, 0.2) is 0 Å². The summed E-state index contributed by atoms with van der Waals surface area (Å²) in [5, 5.41) is 12.1. The number of aryl methyl sites for hydroxylation is 1. The summed E-state index contributed by atoms with van der Waals surface area (Å²) in [6.07, 6.45) is -0.272. The number of aromatic nitrogens is 1. The van der Waals surface area contributed by atoms with Crippen LogP contribution in [0.4, 0.5) is 5.88 Å². The molecule has 18 heavy (non-hydrogen) atoms. The van der Waals surface area contributed by atoms with Gasteiger partial charge in [-0.15, -0.1) is 0 Å². The smallest absolute Gasteiger partial charge is 0.304 e. The lowest BCUT2D eigenvalue weighted by Gasteiger charge is -2.16. The Morgan fingerprint density at radius 2 is 2.11 bits per heavy atom. The van der Waals surface area contributed by atoms with Gasteiger partial charge in [-0.2, -0.15) is 12.7 Å². The van der Waals surface area contributed by atoms with Gasteiger partial charge in [0.05, 0.1) is 12.1 Å². The minimum absolute atomic E-state index is 0.0367. The molecule has 0 spiro atoms. The first-order valence-corrected chi connectivity index (χ1v) is 6.57. The minimum atomic E-state index is -3.83. The molecule has 1 rings (SSSR count). The van der Waals surface area contributed by atoms with Gasteiger partial charge in [0.1, 0.15) is 0 Å². The van der Waals surface area contributed by atoms with Crippen LogP contribution < -0.4 is 4.72 Å². The van der Waals surface area contributed by atoms with E-state index in [1.165, 1.54) is 7.05 Å². The molecule has 1 aromatic heterocycles. The van der Waals surface area contributed by atoms with Crippen LogP contribution in [0.15, 0.2) is 4.52 Å². The molecule has 0 fully saturated rings. The molecule has 9 heteroatoms. The van der Waals surface area contributed by atoms with Crippen molar-refractivity contribution in [2.75, 3.05) is 18.3 Å². The third kappa shape index (κ3) is 3.44. The third-order valence-electron chi connectivity index (χ3n) is 2.43. The predicted molar refractivity (Wildman–Crippen MR) is 63.4 cm³/mol. The number of aliphatic carboxylic acids is 1. The Morgan fingerprint density at radius 3 is 2.56 bits per heavy atom. The monoisotopic (exact) mass is 277 g/mol. The van der Waals surface area contributed by atoms with Gasteiger partial charge in [0.2, 0.25) is 5.88 Å². The molecule has 0 saturated carbocycles. The Kier molecular flexibility index (Phi) is 4.30. The van der Waals surface area contributed by atoms with Crippen LogP contribution in [0.5, 0.6) is 0 Å². The fourth-order valence-corrected chi connectivity index (χ4v) is 1.99. The second-order valence-electron chi connectivity index (χ2n) is 3.79. The van der Waals surface area contributed by atoms with Crippen LogP contribution in [-0.2, 0) is 15.0 Å². The van der Waals surface area contributed by atoms with Crippen LogP contribution in [0.1, 0.15) is 17.7 Å². The van der Waals surface area contributed by atoms with Crippen molar-refractivity contribution < 1.29 is 22.8 Å². The van der Waals surface area contributed by atoms with Crippen molar-refractivity contribution in [2.24, 2.45) is 0 Å². The van der Waals surface area contributed by atoms with Gasteiger partial charge in [-0.05, 0) is 13.8 Å². The van der Waals surface area contributed by atoms with Crippen LogP contribution in [0.2, 0.25) is 0 Å². The van der Waals surface area contributed by atoms with E-state index in [4.69, 9.17) is 9.63 Å². The number of nitrogens with zero attached hydrogens (tertiary/aromatic N) is 2. The molecule has 0 radical (unpaired) electrons. The summed E-state index contributed by atoms with van der Waals surface area (Å²) >= 11 is 0. The molecule has 0 amide bonds. The lowest BCUT2D eigenvalue weighted by Crippen LogP contribution is -2.34. The largest absolute Gasteiger partial charge is 0.481 e. The normalized spacial score (nSPS) is 11.8. The molecule has 0 saturated heterocycles. The number of nitrogens with one attached hydrogen (secondary N) is 1. The van der Waals surface area contributed by atoms with Gasteiger partial charge in [0.25, 0.3) is 0 Å². The van der Waals surface area contributed by atoms with Crippen molar-refractivity contribution in [3.05, 3.63) is 11.3 Å². The highest BCUT2D eigenvalue weighted by Gasteiger charge is 2.21. The number of hydrogen-bond donors (Lipinski definition) is 2. The van der Waals surface area contributed by atoms with Crippen molar-refractivity contribution >= 4 is 22.1 Å². The van der Waals surface area contributed by atoms with Crippen molar-refractivity contribution in [3.63, 3.8) is 0 Å². The molecule has 0 aromatic carbocycles. The maximum Gasteiger partial charge on any atom is 0.304 e. The summed E-state index contributed by atoms with van der Waals surface area (Å²) in [6.45, 7) is 3.22. The zero-order valence-corrected chi connectivity index (χ0v) is 11.1. The van der Waals surface area contributed by atoms with Crippen LogP contribution in [0, 0.1) is 13.8 Å². The molecule has 0 aliphatic heterocycles. The molecule has 1 heterocycles. The summed E-state index contributed by atoms with van der Waals surface area (Å²) in [7, 11) is -2.55. The Bertz CT molecular complexity index is 536.